The summed E-state index contributed by atoms with van der Waals surface area (Å²) in [7, 11) is 0. The molecule has 0 radical (unpaired) electrons. The number of ether oxygens (including phenoxy) is 1. The molecule has 1 fully saturated rings. The van der Waals surface area contributed by atoms with Crippen LogP contribution in [0.3, 0.4) is 0 Å². The van der Waals surface area contributed by atoms with Crippen LogP contribution < -0.4 is 4.74 Å². The van der Waals surface area contributed by atoms with Crippen LogP contribution in [0.4, 0.5) is 0 Å². The summed E-state index contributed by atoms with van der Waals surface area (Å²) in [5.74, 6) is 1.86. The Bertz CT molecular complexity index is 354. The zero-order chi connectivity index (χ0) is 11.5. The summed E-state index contributed by atoms with van der Waals surface area (Å²) in [6, 6.07) is 5.89. The molecular formula is C14H20O2. The van der Waals surface area contributed by atoms with Crippen LogP contribution in [0.5, 0.6) is 5.75 Å². The fourth-order valence-electron chi connectivity index (χ4n) is 1.84. The zero-order valence-electron chi connectivity index (χ0n) is 10.1. The highest BCUT2D eigenvalue weighted by molar-refractivity contribution is 5.36. The average Bonchev–Trinajstić information content (AvgIpc) is 3.04. The topological polar surface area (TPSA) is 29.5 Å². The summed E-state index contributed by atoms with van der Waals surface area (Å²) in [6.07, 6.45) is 3.53. The molecule has 1 atom stereocenters. The largest absolute Gasteiger partial charge is 0.493 e. The minimum atomic E-state index is -0.404. The predicted molar refractivity (Wildman–Crippen MR) is 64.6 cm³/mol. The van der Waals surface area contributed by atoms with E-state index >= 15 is 0 Å². The lowest BCUT2D eigenvalue weighted by atomic mass is 10.1. The number of hydrogen-bond acceptors (Lipinski definition) is 2. The molecule has 0 heterocycles. The van der Waals surface area contributed by atoms with Crippen molar-refractivity contribution >= 4 is 0 Å². The molecule has 16 heavy (non-hydrogen) atoms. The van der Waals surface area contributed by atoms with Crippen molar-refractivity contribution in [3.63, 3.8) is 0 Å². The summed E-state index contributed by atoms with van der Waals surface area (Å²) >= 11 is 0. The van der Waals surface area contributed by atoms with E-state index in [4.69, 9.17) is 4.74 Å². The molecule has 2 heteroatoms. The lowest BCUT2D eigenvalue weighted by Gasteiger charge is -2.11. The van der Waals surface area contributed by atoms with Gasteiger partial charge in [-0.3, -0.25) is 0 Å². The van der Waals surface area contributed by atoms with E-state index in [1.165, 1.54) is 19.3 Å². The first-order chi connectivity index (χ1) is 7.66. The van der Waals surface area contributed by atoms with Gasteiger partial charge in [-0.15, -0.1) is 0 Å². The summed E-state index contributed by atoms with van der Waals surface area (Å²) in [5, 5.41) is 9.46. The van der Waals surface area contributed by atoms with Crippen molar-refractivity contribution in [1.82, 2.24) is 0 Å². The van der Waals surface area contributed by atoms with Crippen molar-refractivity contribution in [2.75, 3.05) is 6.61 Å². The van der Waals surface area contributed by atoms with Gasteiger partial charge in [-0.2, -0.15) is 0 Å². The smallest absolute Gasteiger partial charge is 0.122 e. The van der Waals surface area contributed by atoms with E-state index in [2.05, 4.69) is 0 Å². The molecule has 0 bridgehead atoms. The number of hydrogen-bond donors (Lipinski definition) is 1. The molecule has 1 aromatic carbocycles. The number of rotatable bonds is 5. The van der Waals surface area contributed by atoms with Gasteiger partial charge in [0.2, 0.25) is 0 Å². The van der Waals surface area contributed by atoms with Crippen LogP contribution in [0.1, 0.15) is 43.4 Å². The molecule has 1 aliphatic carbocycles. The molecule has 2 rings (SSSR count). The highest BCUT2D eigenvalue weighted by atomic mass is 16.5. The van der Waals surface area contributed by atoms with Gasteiger partial charge in [0.05, 0.1) is 12.7 Å². The zero-order valence-corrected chi connectivity index (χ0v) is 10.1. The number of aliphatic hydroxyl groups is 1. The van der Waals surface area contributed by atoms with Crippen molar-refractivity contribution in [3.8, 4) is 5.75 Å². The van der Waals surface area contributed by atoms with Crippen LogP contribution in [0, 0.1) is 12.8 Å². The first-order valence-electron chi connectivity index (χ1n) is 6.08. The van der Waals surface area contributed by atoms with Crippen molar-refractivity contribution in [2.24, 2.45) is 5.92 Å². The van der Waals surface area contributed by atoms with Gasteiger partial charge >= 0.3 is 0 Å². The van der Waals surface area contributed by atoms with Gasteiger partial charge < -0.3 is 9.84 Å². The Kier molecular flexibility index (Phi) is 3.49. The van der Waals surface area contributed by atoms with Gasteiger partial charge in [-0.25, -0.2) is 0 Å². The van der Waals surface area contributed by atoms with Crippen LogP contribution in [0.15, 0.2) is 18.2 Å². The van der Waals surface area contributed by atoms with Crippen molar-refractivity contribution in [3.05, 3.63) is 29.3 Å². The Labute approximate surface area is 97.3 Å². The van der Waals surface area contributed by atoms with E-state index in [9.17, 15) is 5.11 Å². The van der Waals surface area contributed by atoms with Crippen LogP contribution in [-0.2, 0) is 0 Å². The Morgan fingerprint density at radius 3 is 2.75 bits per heavy atom. The van der Waals surface area contributed by atoms with Gasteiger partial charge in [0.15, 0.2) is 0 Å². The number of aliphatic hydroxyl groups excluding tert-OH is 1. The van der Waals surface area contributed by atoms with E-state index in [1.54, 1.807) is 6.92 Å². The minimum absolute atomic E-state index is 0.404. The van der Waals surface area contributed by atoms with Gasteiger partial charge in [-0.05, 0) is 49.4 Å². The van der Waals surface area contributed by atoms with E-state index in [-0.39, 0.29) is 0 Å². The third-order valence-corrected chi connectivity index (χ3v) is 3.16. The molecule has 1 N–H and O–H groups in total. The molecule has 0 unspecified atom stereocenters. The minimum Gasteiger partial charge on any atom is -0.493 e. The fourth-order valence-corrected chi connectivity index (χ4v) is 1.84. The van der Waals surface area contributed by atoms with Crippen molar-refractivity contribution in [2.45, 2.75) is 39.2 Å². The van der Waals surface area contributed by atoms with Crippen molar-refractivity contribution in [1.29, 1.82) is 0 Å². The molecule has 0 saturated heterocycles. The summed E-state index contributed by atoms with van der Waals surface area (Å²) in [5.41, 5.74) is 2.06. The van der Waals surface area contributed by atoms with Crippen LogP contribution in [-0.4, -0.2) is 11.7 Å². The Morgan fingerprint density at radius 2 is 2.19 bits per heavy atom. The molecule has 1 saturated carbocycles. The maximum Gasteiger partial charge on any atom is 0.122 e. The third-order valence-electron chi connectivity index (χ3n) is 3.16. The molecular weight excluding hydrogens is 200 g/mol. The molecule has 88 valence electrons. The lowest BCUT2D eigenvalue weighted by molar-refractivity contribution is 0.199. The maximum absolute atomic E-state index is 9.46. The second kappa shape index (κ2) is 4.88. The molecule has 1 aliphatic rings. The summed E-state index contributed by atoms with van der Waals surface area (Å²) < 4.78 is 5.74. The Hall–Kier alpha value is -1.02. The summed E-state index contributed by atoms with van der Waals surface area (Å²) in [4.78, 5) is 0. The second-order valence-electron chi connectivity index (χ2n) is 4.78. The molecule has 1 aromatic rings. The number of benzene rings is 1. The molecule has 2 nitrogen and oxygen atoms in total. The van der Waals surface area contributed by atoms with E-state index in [0.29, 0.717) is 0 Å². The first kappa shape index (κ1) is 11.5. The third kappa shape index (κ3) is 2.99. The Morgan fingerprint density at radius 1 is 1.44 bits per heavy atom. The van der Waals surface area contributed by atoms with E-state index < -0.39 is 6.10 Å². The van der Waals surface area contributed by atoms with Crippen LogP contribution in [0.2, 0.25) is 0 Å². The first-order valence-corrected chi connectivity index (χ1v) is 6.08. The highest BCUT2D eigenvalue weighted by Crippen LogP contribution is 2.32. The quantitative estimate of drug-likeness (QED) is 0.825. The van der Waals surface area contributed by atoms with E-state index in [1.807, 2.05) is 25.1 Å². The maximum atomic E-state index is 9.46. The van der Waals surface area contributed by atoms with Gasteiger partial charge in [0.25, 0.3) is 0 Å². The van der Waals surface area contributed by atoms with Crippen LogP contribution >= 0.6 is 0 Å². The Balaban J connectivity index is 1.92. The van der Waals surface area contributed by atoms with Crippen LogP contribution in [0.25, 0.3) is 0 Å². The second-order valence-corrected chi connectivity index (χ2v) is 4.78. The highest BCUT2D eigenvalue weighted by Gasteiger charge is 2.20. The van der Waals surface area contributed by atoms with Gasteiger partial charge in [-0.1, -0.05) is 18.9 Å². The monoisotopic (exact) mass is 220 g/mol. The fraction of sp³-hybridized carbons (Fsp3) is 0.571. The van der Waals surface area contributed by atoms with E-state index in [0.717, 1.165) is 29.4 Å². The average molecular weight is 220 g/mol. The molecule has 0 amide bonds. The molecule has 0 aliphatic heterocycles. The standard InChI is InChI=1S/C14H20O2/c1-10-9-13(11(2)15)5-6-14(10)16-8-7-12-3-4-12/h5-6,9,11-12,15H,3-4,7-8H2,1-2H3/t11-/m0/s1. The van der Waals surface area contributed by atoms with Gasteiger partial charge in [0, 0.05) is 0 Å². The lowest BCUT2D eigenvalue weighted by Crippen LogP contribution is -2.00. The van der Waals surface area contributed by atoms with Crippen molar-refractivity contribution < 1.29 is 9.84 Å². The van der Waals surface area contributed by atoms with Gasteiger partial charge in [0.1, 0.15) is 5.75 Å². The predicted octanol–water partition coefficient (Wildman–Crippen LogP) is 3.23. The normalized spacial score (nSPS) is 17.2. The molecule has 0 spiro atoms. The molecule has 0 aromatic heterocycles. The SMILES string of the molecule is Cc1cc([C@H](C)O)ccc1OCCC1CC1. The number of aryl methyl sites for hydroxylation is 1. The summed E-state index contributed by atoms with van der Waals surface area (Å²) in [6.45, 7) is 4.63.